The molecule has 0 unspecified atom stereocenters. The Kier molecular flexibility index (Phi) is 6.72. The number of ether oxygens (including phenoxy) is 1. The fraction of sp³-hybridized carbons (Fsp3) is 0.632. The Morgan fingerprint density at radius 2 is 2.04 bits per heavy atom. The molecule has 1 saturated carbocycles. The summed E-state index contributed by atoms with van der Waals surface area (Å²) in [5.74, 6) is -1.29. The van der Waals surface area contributed by atoms with Crippen molar-refractivity contribution in [2.45, 2.75) is 56.8 Å². The van der Waals surface area contributed by atoms with Crippen LogP contribution in [0.2, 0.25) is 5.15 Å². The van der Waals surface area contributed by atoms with Gasteiger partial charge in [-0.1, -0.05) is 11.6 Å². The number of amides is 1. The minimum atomic E-state index is -1.08. The molecule has 1 aromatic heterocycles. The number of carboxylic acids is 1. The Labute approximate surface area is 168 Å². The number of alkyl halides is 1. The van der Waals surface area contributed by atoms with Crippen LogP contribution in [0.5, 0.6) is 0 Å². The van der Waals surface area contributed by atoms with Crippen molar-refractivity contribution in [2.75, 3.05) is 18.9 Å². The van der Waals surface area contributed by atoms with Crippen LogP contribution in [0.25, 0.3) is 0 Å². The third-order valence-electron chi connectivity index (χ3n) is 5.50. The van der Waals surface area contributed by atoms with Gasteiger partial charge in [-0.2, -0.15) is 0 Å². The van der Waals surface area contributed by atoms with E-state index in [0.717, 1.165) is 0 Å². The molecular formula is C19H25ClFN3O4. The number of nitrogens with two attached hydrogens (primary N) is 1. The fourth-order valence-corrected chi connectivity index (χ4v) is 4.06. The molecule has 7 nitrogen and oxygen atoms in total. The maximum atomic E-state index is 14.0. The number of carboxylic acid groups (broad SMARTS) is 1. The van der Waals surface area contributed by atoms with Crippen molar-refractivity contribution in [1.82, 2.24) is 9.88 Å². The van der Waals surface area contributed by atoms with Crippen LogP contribution in [0.3, 0.4) is 0 Å². The van der Waals surface area contributed by atoms with E-state index >= 15 is 0 Å². The highest BCUT2D eigenvalue weighted by atomic mass is 35.5. The second-order valence-corrected chi connectivity index (χ2v) is 7.90. The highest BCUT2D eigenvalue weighted by Gasteiger charge is 2.36. The van der Waals surface area contributed by atoms with E-state index in [9.17, 15) is 14.0 Å². The number of rotatable bonds is 6. The van der Waals surface area contributed by atoms with Crippen molar-refractivity contribution < 1.29 is 23.8 Å². The maximum absolute atomic E-state index is 14.0. The number of anilines is 1. The minimum Gasteiger partial charge on any atom is -0.481 e. The van der Waals surface area contributed by atoms with Crippen molar-refractivity contribution >= 4 is 29.2 Å². The molecular weight excluding hydrogens is 389 g/mol. The quantitative estimate of drug-likeness (QED) is 0.694. The van der Waals surface area contributed by atoms with Gasteiger partial charge in [0.2, 0.25) is 5.91 Å². The number of aromatic nitrogens is 1. The van der Waals surface area contributed by atoms with Gasteiger partial charge in [-0.25, -0.2) is 9.37 Å². The van der Waals surface area contributed by atoms with E-state index < -0.39 is 12.1 Å². The van der Waals surface area contributed by atoms with Crippen LogP contribution in [0, 0.1) is 5.92 Å². The lowest BCUT2D eigenvalue weighted by Gasteiger charge is -2.29. The summed E-state index contributed by atoms with van der Waals surface area (Å²) in [6.07, 6.45) is 1.66. The van der Waals surface area contributed by atoms with Crippen LogP contribution in [0.15, 0.2) is 12.1 Å². The number of carbonyl (C=O) groups excluding carboxylic acids is 1. The third-order valence-corrected chi connectivity index (χ3v) is 5.80. The maximum Gasteiger partial charge on any atom is 0.306 e. The second-order valence-electron chi connectivity index (χ2n) is 7.54. The topological polar surface area (TPSA) is 106 Å². The molecule has 0 aromatic carbocycles. The first-order valence-corrected chi connectivity index (χ1v) is 9.90. The molecule has 1 saturated heterocycles. The highest BCUT2D eigenvalue weighted by molar-refractivity contribution is 6.31. The van der Waals surface area contributed by atoms with E-state index in [1.807, 2.05) is 0 Å². The molecule has 1 aliphatic heterocycles. The van der Waals surface area contributed by atoms with E-state index in [1.165, 1.54) is 4.90 Å². The summed E-state index contributed by atoms with van der Waals surface area (Å²) in [6.45, 7) is 0.297. The van der Waals surface area contributed by atoms with Gasteiger partial charge in [0.1, 0.15) is 6.17 Å². The fourth-order valence-electron chi connectivity index (χ4n) is 3.88. The molecule has 1 aromatic rings. The second kappa shape index (κ2) is 9.05. The Bertz CT molecular complexity index is 727. The molecule has 1 aliphatic carbocycles. The Morgan fingerprint density at radius 3 is 2.68 bits per heavy atom. The zero-order valence-corrected chi connectivity index (χ0v) is 16.3. The van der Waals surface area contributed by atoms with Gasteiger partial charge >= 0.3 is 5.97 Å². The molecule has 1 amide bonds. The zero-order valence-electron chi connectivity index (χ0n) is 15.5. The minimum absolute atomic E-state index is 0.0208. The van der Waals surface area contributed by atoms with E-state index in [0.29, 0.717) is 37.1 Å². The van der Waals surface area contributed by atoms with Crippen molar-refractivity contribution in [2.24, 2.45) is 5.92 Å². The van der Waals surface area contributed by atoms with E-state index in [1.54, 1.807) is 12.1 Å². The van der Waals surface area contributed by atoms with Gasteiger partial charge in [0, 0.05) is 6.42 Å². The van der Waals surface area contributed by atoms with Crippen molar-refractivity contribution in [1.29, 1.82) is 0 Å². The van der Waals surface area contributed by atoms with Crippen LogP contribution in [-0.4, -0.2) is 58.3 Å². The largest absolute Gasteiger partial charge is 0.481 e. The number of nitrogens with zero attached hydrogens (tertiary/aromatic N) is 2. The number of carbonyl (C=O) groups is 2. The number of likely N-dealkylation sites (tertiary alicyclic amines) is 1. The molecule has 3 N–H and O–H groups in total. The molecule has 154 valence electrons. The Balaban J connectivity index is 1.53. The molecule has 0 spiro atoms. The third kappa shape index (κ3) is 5.11. The van der Waals surface area contributed by atoms with Gasteiger partial charge in [0.05, 0.1) is 49.0 Å². The molecule has 0 bridgehead atoms. The molecule has 2 fully saturated rings. The lowest BCUT2D eigenvalue weighted by molar-refractivity contribution is -0.144. The predicted octanol–water partition coefficient (Wildman–Crippen LogP) is 2.46. The normalized spacial score (nSPS) is 27.7. The van der Waals surface area contributed by atoms with Gasteiger partial charge in [0.15, 0.2) is 5.15 Å². The number of hydrogen-bond donors (Lipinski definition) is 2. The lowest BCUT2D eigenvalue weighted by Crippen LogP contribution is -2.40. The van der Waals surface area contributed by atoms with E-state index in [4.69, 9.17) is 27.2 Å². The van der Waals surface area contributed by atoms with Gasteiger partial charge < -0.3 is 20.5 Å². The number of aliphatic carboxylic acids is 1. The van der Waals surface area contributed by atoms with Crippen LogP contribution >= 0.6 is 11.6 Å². The standard InChI is InChI=1S/C19H25ClFN3O4/c20-18-16(22)6-3-13(23-18)8-17(25)24-9-12(21)7-14(24)10-28-15-4-1-11(2-5-15)19(26)27/h3,6,11-12,14-15H,1-2,4-5,7-10,22H2,(H,26,27)/t11-,12-,14-,15-/m0/s1. The van der Waals surface area contributed by atoms with Crippen LogP contribution in [0.1, 0.15) is 37.8 Å². The van der Waals surface area contributed by atoms with Gasteiger partial charge in [-0.3, -0.25) is 9.59 Å². The molecule has 3 rings (SSSR count). The number of nitrogen functional groups attached to an aromatic ring is 1. The average molecular weight is 414 g/mol. The summed E-state index contributed by atoms with van der Waals surface area (Å²) in [5, 5.41) is 9.20. The Hall–Kier alpha value is -1.93. The first-order valence-electron chi connectivity index (χ1n) is 9.52. The smallest absolute Gasteiger partial charge is 0.306 e. The monoisotopic (exact) mass is 413 g/mol. The molecule has 0 radical (unpaired) electrons. The predicted molar refractivity (Wildman–Crippen MR) is 102 cm³/mol. The van der Waals surface area contributed by atoms with E-state index in [-0.39, 0.29) is 55.1 Å². The molecule has 9 heteroatoms. The highest BCUT2D eigenvalue weighted by Crippen LogP contribution is 2.28. The van der Waals surface area contributed by atoms with E-state index in [2.05, 4.69) is 4.98 Å². The van der Waals surface area contributed by atoms with Crippen molar-refractivity contribution in [3.8, 4) is 0 Å². The number of hydrogen-bond acceptors (Lipinski definition) is 5. The summed E-state index contributed by atoms with van der Waals surface area (Å²) in [5.41, 5.74) is 6.45. The average Bonchev–Trinajstić information content (AvgIpc) is 3.04. The first kappa shape index (κ1) is 20.8. The molecule has 2 heterocycles. The van der Waals surface area contributed by atoms with Crippen molar-refractivity contribution in [3.63, 3.8) is 0 Å². The summed E-state index contributed by atoms with van der Waals surface area (Å²) in [4.78, 5) is 29.3. The van der Waals surface area contributed by atoms with Crippen LogP contribution in [0.4, 0.5) is 10.1 Å². The summed E-state index contributed by atoms with van der Waals surface area (Å²) < 4.78 is 19.9. The summed E-state index contributed by atoms with van der Waals surface area (Å²) >= 11 is 5.90. The lowest BCUT2D eigenvalue weighted by atomic mass is 9.87. The van der Waals surface area contributed by atoms with Crippen LogP contribution < -0.4 is 5.73 Å². The summed E-state index contributed by atoms with van der Waals surface area (Å²) in [7, 11) is 0. The molecule has 2 atom stereocenters. The van der Waals surface area contributed by atoms with Crippen LogP contribution in [-0.2, 0) is 20.7 Å². The van der Waals surface area contributed by atoms with Gasteiger partial charge in [-0.05, 0) is 37.8 Å². The summed E-state index contributed by atoms with van der Waals surface area (Å²) in [6, 6.07) is 2.89. The van der Waals surface area contributed by atoms with Gasteiger partial charge in [0.25, 0.3) is 0 Å². The molecule has 28 heavy (non-hydrogen) atoms. The first-order chi connectivity index (χ1) is 13.3. The van der Waals surface area contributed by atoms with Crippen molar-refractivity contribution in [3.05, 3.63) is 23.0 Å². The molecule has 2 aliphatic rings. The Morgan fingerprint density at radius 1 is 1.32 bits per heavy atom. The SMILES string of the molecule is Nc1ccc(CC(=O)N2C[C@@H](F)C[C@H]2CO[C@H]2CC[C@H](C(=O)O)CC2)nc1Cl. The zero-order chi connectivity index (χ0) is 20.3. The van der Waals surface area contributed by atoms with Gasteiger partial charge in [-0.15, -0.1) is 0 Å². The number of halogens is 2. The number of pyridine rings is 1.